The van der Waals surface area contributed by atoms with E-state index in [0.29, 0.717) is 6.54 Å². The molecule has 0 fully saturated rings. The quantitative estimate of drug-likeness (QED) is 0.840. The number of halogens is 2. The van der Waals surface area contributed by atoms with Crippen molar-refractivity contribution in [3.8, 4) is 0 Å². The lowest BCUT2D eigenvalue weighted by Crippen LogP contribution is -2.24. The predicted octanol–water partition coefficient (Wildman–Crippen LogP) is 2.08. The molecule has 0 aliphatic carbocycles. The van der Waals surface area contributed by atoms with Crippen molar-refractivity contribution in [1.29, 1.82) is 0 Å². The van der Waals surface area contributed by atoms with Crippen molar-refractivity contribution in [1.82, 2.24) is 4.90 Å². The lowest BCUT2D eigenvalue weighted by molar-refractivity contribution is 0.0697. The average molecular weight is 229 g/mol. The van der Waals surface area contributed by atoms with Gasteiger partial charge >= 0.3 is 5.97 Å². The van der Waals surface area contributed by atoms with Crippen molar-refractivity contribution < 1.29 is 18.7 Å². The molecule has 5 heteroatoms. The molecule has 0 aliphatic heterocycles. The number of carboxylic acids is 1. The van der Waals surface area contributed by atoms with Gasteiger partial charge in [0.05, 0.1) is 12.1 Å². The van der Waals surface area contributed by atoms with Crippen LogP contribution in [-0.2, 0) is 6.54 Å². The summed E-state index contributed by atoms with van der Waals surface area (Å²) in [5, 5.41) is 8.67. The van der Waals surface area contributed by atoms with Gasteiger partial charge in [-0.1, -0.05) is 12.1 Å². The summed E-state index contributed by atoms with van der Waals surface area (Å²) in [5.41, 5.74) is 1.01. The summed E-state index contributed by atoms with van der Waals surface area (Å²) in [6, 6.07) is 6.19. The third-order valence-electron chi connectivity index (χ3n) is 2.10. The standard InChI is InChI=1S/C11H13F2NO2/c1-14(7-10(12)13)6-8-2-4-9(5-3-8)11(15)16/h2-5,10H,6-7H2,1H3,(H,15,16). The van der Waals surface area contributed by atoms with E-state index >= 15 is 0 Å². The van der Waals surface area contributed by atoms with E-state index in [0.717, 1.165) is 5.56 Å². The molecule has 0 aliphatic rings. The number of alkyl halides is 2. The Kier molecular flexibility index (Phi) is 4.37. The van der Waals surface area contributed by atoms with E-state index in [1.165, 1.54) is 17.0 Å². The third-order valence-corrected chi connectivity index (χ3v) is 2.10. The number of carboxylic acid groups (broad SMARTS) is 1. The highest BCUT2D eigenvalue weighted by Gasteiger charge is 2.08. The van der Waals surface area contributed by atoms with E-state index in [9.17, 15) is 13.6 Å². The zero-order valence-electron chi connectivity index (χ0n) is 8.86. The maximum absolute atomic E-state index is 12.0. The summed E-state index contributed by atoms with van der Waals surface area (Å²) in [4.78, 5) is 12.1. The molecule has 0 spiro atoms. The summed E-state index contributed by atoms with van der Waals surface area (Å²) in [7, 11) is 1.59. The van der Waals surface area contributed by atoms with Gasteiger partial charge in [-0.15, -0.1) is 0 Å². The topological polar surface area (TPSA) is 40.5 Å². The summed E-state index contributed by atoms with van der Waals surface area (Å²) >= 11 is 0. The molecule has 1 aromatic carbocycles. The Morgan fingerprint density at radius 3 is 2.38 bits per heavy atom. The molecule has 88 valence electrons. The fraction of sp³-hybridized carbons (Fsp3) is 0.364. The molecule has 0 saturated carbocycles. The Labute approximate surface area is 92.3 Å². The van der Waals surface area contributed by atoms with E-state index in [1.807, 2.05) is 0 Å². The van der Waals surface area contributed by atoms with Crippen molar-refractivity contribution in [3.63, 3.8) is 0 Å². The molecule has 0 unspecified atom stereocenters. The molecule has 3 nitrogen and oxygen atoms in total. The van der Waals surface area contributed by atoms with Crippen molar-refractivity contribution in [2.45, 2.75) is 13.0 Å². The van der Waals surface area contributed by atoms with Crippen LogP contribution < -0.4 is 0 Å². The Morgan fingerprint density at radius 1 is 1.38 bits per heavy atom. The zero-order valence-corrected chi connectivity index (χ0v) is 8.86. The van der Waals surface area contributed by atoms with Crippen molar-refractivity contribution >= 4 is 5.97 Å². The molecular formula is C11H13F2NO2. The first kappa shape index (κ1) is 12.6. The smallest absolute Gasteiger partial charge is 0.335 e. The van der Waals surface area contributed by atoms with Crippen molar-refractivity contribution in [3.05, 3.63) is 35.4 Å². The first-order chi connectivity index (χ1) is 7.49. The van der Waals surface area contributed by atoms with Crippen LogP contribution in [-0.4, -0.2) is 36.0 Å². The summed E-state index contributed by atoms with van der Waals surface area (Å²) in [6.45, 7) is 0.0882. The van der Waals surface area contributed by atoms with Gasteiger partial charge in [-0.25, -0.2) is 13.6 Å². The van der Waals surface area contributed by atoms with Gasteiger partial charge in [0.1, 0.15) is 0 Å². The minimum absolute atomic E-state index is 0.195. The molecule has 0 saturated heterocycles. The van der Waals surface area contributed by atoms with Crippen LogP contribution in [0.5, 0.6) is 0 Å². The monoisotopic (exact) mass is 229 g/mol. The fourth-order valence-electron chi connectivity index (χ4n) is 1.36. The van der Waals surface area contributed by atoms with Crippen LogP contribution in [0.4, 0.5) is 8.78 Å². The van der Waals surface area contributed by atoms with Crippen LogP contribution >= 0.6 is 0 Å². The number of nitrogens with zero attached hydrogens (tertiary/aromatic N) is 1. The molecule has 16 heavy (non-hydrogen) atoms. The van der Waals surface area contributed by atoms with Crippen molar-refractivity contribution in [2.24, 2.45) is 0 Å². The van der Waals surface area contributed by atoms with Gasteiger partial charge in [-0.2, -0.15) is 0 Å². The molecule has 0 aromatic heterocycles. The summed E-state index contributed by atoms with van der Waals surface area (Å²) in [6.07, 6.45) is -2.36. The number of hydrogen-bond acceptors (Lipinski definition) is 2. The Balaban J connectivity index is 2.58. The second-order valence-corrected chi connectivity index (χ2v) is 3.59. The van der Waals surface area contributed by atoms with E-state index in [-0.39, 0.29) is 12.1 Å². The van der Waals surface area contributed by atoms with E-state index in [2.05, 4.69) is 0 Å². The van der Waals surface area contributed by atoms with E-state index < -0.39 is 12.4 Å². The third kappa shape index (κ3) is 3.94. The summed E-state index contributed by atoms with van der Waals surface area (Å²) < 4.78 is 24.1. The SMILES string of the molecule is CN(Cc1ccc(C(=O)O)cc1)CC(F)F. The fourth-order valence-corrected chi connectivity index (χ4v) is 1.36. The molecule has 0 heterocycles. The molecule has 1 N–H and O–H groups in total. The van der Waals surface area contributed by atoms with Gasteiger partial charge in [0.2, 0.25) is 0 Å². The van der Waals surface area contributed by atoms with Crippen LogP contribution in [0.3, 0.4) is 0 Å². The number of aromatic carboxylic acids is 1. The van der Waals surface area contributed by atoms with Gasteiger partial charge < -0.3 is 5.11 Å². The highest BCUT2D eigenvalue weighted by molar-refractivity contribution is 5.87. The lowest BCUT2D eigenvalue weighted by Gasteiger charge is -2.15. The number of hydrogen-bond donors (Lipinski definition) is 1. The number of carbonyl (C=O) groups is 1. The Hall–Kier alpha value is -1.49. The highest BCUT2D eigenvalue weighted by Crippen LogP contribution is 2.07. The normalized spacial score (nSPS) is 11.1. The Bertz CT molecular complexity index is 352. The van der Waals surface area contributed by atoms with Gasteiger partial charge in [-0.3, -0.25) is 4.90 Å². The van der Waals surface area contributed by atoms with Gasteiger partial charge in [0.15, 0.2) is 0 Å². The zero-order chi connectivity index (χ0) is 12.1. The maximum Gasteiger partial charge on any atom is 0.335 e. The van der Waals surface area contributed by atoms with Crippen LogP contribution in [0, 0.1) is 0 Å². The number of benzene rings is 1. The van der Waals surface area contributed by atoms with Crippen LogP contribution in [0.1, 0.15) is 15.9 Å². The minimum atomic E-state index is -2.36. The Morgan fingerprint density at radius 2 is 1.94 bits per heavy atom. The molecule has 1 rings (SSSR count). The molecule has 0 radical (unpaired) electrons. The molecular weight excluding hydrogens is 216 g/mol. The largest absolute Gasteiger partial charge is 0.478 e. The first-order valence-corrected chi connectivity index (χ1v) is 4.78. The lowest BCUT2D eigenvalue weighted by atomic mass is 10.1. The molecule has 0 bridgehead atoms. The van der Waals surface area contributed by atoms with E-state index in [1.54, 1.807) is 19.2 Å². The molecule has 0 atom stereocenters. The summed E-state index contributed by atoms with van der Waals surface area (Å²) in [5.74, 6) is -0.993. The average Bonchev–Trinajstić information content (AvgIpc) is 2.16. The van der Waals surface area contributed by atoms with Gasteiger partial charge in [-0.05, 0) is 24.7 Å². The first-order valence-electron chi connectivity index (χ1n) is 4.78. The second kappa shape index (κ2) is 5.55. The van der Waals surface area contributed by atoms with Gasteiger partial charge in [0.25, 0.3) is 6.43 Å². The van der Waals surface area contributed by atoms with E-state index in [4.69, 9.17) is 5.11 Å². The van der Waals surface area contributed by atoms with Crippen LogP contribution in [0.15, 0.2) is 24.3 Å². The number of rotatable bonds is 5. The van der Waals surface area contributed by atoms with Crippen molar-refractivity contribution in [2.75, 3.05) is 13.6 Å². The molecule has 1 aromatic rings. The minimum Gasteiger partial charge on any atom is -0.478 e. The molecule has 0 amide bonds. The van der Waals surface area contributed by atoms with Gasteiger partial charge in [0, 0.05) is 6.54 Å². The maximum atomic E-state index is 12.0. The highest BCUT2D eigenvalue weighted by atomic mass is 19.3. The predicted molar refractivity (Wildman–Crippen MR) is 55.7 cm³/mol. The van der Waals surface area contributed by atoms with Crippen LogP contribution in [0.2, 0.25) is 0 Å². The second-order valence-electron chi connectivity index (χ2n) is 3.59. The van der Waals surface area contributed by atoms with Crippen LogP contribution in [0.25, 0.3) is 0 Å².